The normalized spacial score (nSPS) is 21.4. The number of unbranched alkanes of at least 4 members (excludes halogenated alkanes) is 1. The Balaban J connectivity index is 2.05. The van der Waals surface area contributed by atoms with Crippen LogP contribution in [0.2, 0.25) is 0 Å². The molecule has 0 atom stereocenters. The molecule has 0 saturated heterocycles. The number of aldehydes is 1. The van der Waals surface area contributed by atoms with Crippen LogP contribution in [0.25, 0.3) is 0 Å². The van der Waals surface area contributed by atoms with Crippen molar-refractivity contribution in [2.24, 2.45) is 11.8 Å². The van der Waals surface area contributed by atoms with Gasteiger partial charge in [0.25, 0.3) is 0 Å². The lowest BCUT2D eigenvalue weighted by Crippen LogP contribution is -2.24. The van der Waals surface area contributed by atoms with E-state index in [9.17, 15) is 14.4 Å². The molecule has 1 fully saturated rings. The molecule has 118 valence electrons. The fourth-order valence-electron chi connectivity index (χ4n) is 2.27. The molecule has 1 aliphatic rings. The van der Waals surface area contributed by atoms with Crippen molar-refractivity contribution in [2.75, 3.05) is 13.2 Å². The summed E-state index contributed by atoms with van der Waals surface area (Å²) in [5, 5.41) is 0. The lowest BCUT2D eigenvalue weighted by Gasteiger charge is -2.23. The summed E-state index contributed by atoms with van der Waals surface area (Å²) in [4.78, 5) is 33.6. The topological polar surface area (TPSA) is 69.7 Å². The SMILES string of the molecule is C=C(C)C(=O)OCCCCOC(=O)C1CCC(C=O)CC1. The predicted molar refractivity (Wildman–Crippen MR) is 77.5 cm³/mol. The Labute approximate surface area is 125 Å². The van der Waals surface area contributed by atoms with Crippen LogP contribution in [0, 0.1) is 11.8 Å². The molecule has 1 aliphatic carbocycles. The molecule has 0 unspecified atom stereocenters. The van der Waals surface area contributed by atoms with E-state index < -0.39 is 0 Å². The van der Waals surface area contributed by atoms with Crippen LogP contribution in [-0.4, -0.2) is 31.4 Å². The van der Waals surface area contributed by atoms with Crippen LogP contribution in [0.3, 0.4) is 0 Å². The molecule has 0 bridgehead atoms. The summed E-state index contributed by atoms with van der Waals surface area (Å²) >= 11 is 0. The highest BCUT2D eigenvalue weighted by molar-refractivity contribution is 5.86. The van der Waals surface area contributed by atoms with Crippen LogP contribution in [0.4, 0.5) is 0 Å². The lowest BCUT2D eigenvalue weighted by atomic mass is 9.83. The molecule has 0 aromatic rings. The van der Waals surface area contributed by atoms with Gasteiger partial charge < -0.3 is 14.3 Å². The van der Waals surface area contributed by atoms with Gasteiger partial charge in [0.1, 0.15) is 6.29 Å². The van der Waals surface area contributed by atoms with E-state index in [0.29, 0.717) is 31.6 Å². The van der Waals surface area contributed by atoms with Crippen LogP contribution >= 0.6 is 0 Å². The highest BCUT2D eigenvalue weighted by atomic mass is 16.5. The zero-order valence-electron chi connectivity index (χ0n) is 12.6. The Kier molecular flexibility index (Phi) is 7.72. The summed E-state index contributed by atoms with van der Waals surface area (Å²) in [7, 11) is 0. The van der Waals surface area contributed by atoms with E-state index in [0.717, 1.165) is 32.0 Å². The third-order valence-electron chi connectivity index (χ3n) is 3.66. The molecule has 0 heterocycles. The smallest absolute Gasteiger partial charge is 0.333 e. The molecule has 0 aromatic heterocycles. The number of carbonyl (C=O) groups is 3. The van der Waals surface area contributed by atoms with Gasteiger partial charge in [-0.2, -0.15) is 0 Å². The molecule has 0 spiro atoms. The summed E-state index contributed by atoms with van der Waals surface area (Å²) in [5.41, 5.74) is 0.382. The molecule has 5 heteroatoms. The summed E-state index contributed by atoms with van der Waals surface area (Å²) < 4.78 is 10.2. The molecular formula is C16H24O5. The molecule has 0 amide bonds. The van der Waals surface area contributed by atoms with E-state index in [-0.39, 0.29) is 23.8 Å². The largest absolute Gasteiger partial charge is 0.465 e. The number of carbonyl (C=O) groups excluding carboxylic acids is 3. The average molecular weight is 296 g/mol. The fourth-order valence-corrected chi connectivity index (χ4v) is 2.27. The minimum Gasteiger partial charge on any atom is -0.465 e. The molecule has 1 rings (SSSR count). The maximum atomic E-state index is 11.8. The van der Waals surface area contributed by atoms with E-state index in [4.69, 9.17) is 9.47 Å². The van der Waals surface area contributed by atoms with Crippen LogP contribution in [-0.2, 0) is 23.9 Å². The van der Waals surface area contributed by atoms with Crippen LogP contribution in [0.5, 0.6) is 0 Å². The highest BCUT2D eigenvalue weighted by Crippen LogP contribution is 2.28. The first kappa shape index (κ1) is 17.4. The van der Waals surface area contributed by atoms with Gasteiger partial charge in [0, 0.05) is 11.5 Å². The van der Waals surface area contributed by atoms with Crippen molar-refractivity contribution in [1.29, 1.82) is 0 Å². The van der Waals surface area contributed by atoms with Gasteiger partial charge in [-0.25, -0.2) is 4.79 Å². The van der Waals surface area contributed by atoms with Crippen molar-refractivity contribution < 1.29 is 23.9 Å². The van der Waals surface area contributed by atoms with E-state index in [1.165, 1.54) is 0 Å². The van der Waals surface area contributed by atoms with Crippen molar-refractivity contribution in [3.8, 4) is 0 Å². The van der Waals surface area contributed by atoms with E-state index in [1.54, 1.807) is 6.92 Å². The van der Waals surface area contributed by atoms with Crippen molar-refractivity contribution in [1.82, 2.24) is 0 Å². The fraction of sp³-hybridized carbons (Fsp3) is 0.688. The number of esters is 2. The molecule has 0 aliphatic heterocycles. The molecule has 0 aromatic carbocycles. The van der Waals surface area contributed by atoms with Gasteiger partial charge in [0.05, 0.1) is 19.1 Å². The minimum atomic E-state index is -0.390. The zero-order valence-corrected chi connectivity index (χ0v) is 12.6. The number of ether oxygens (including phenoxy) is 2. The number of hydrogen-bond acceptors (Lipinski definition) is 5. The molecule has 0 N–H and O–H groups in total. The second-order valence-electron chi connectivity index (χ2n) is 5.54. The predicted octanol–water partition coefficient (Wildman–Crippen LogP) is 2.43. The highest BCUT2D eigenvalue weighted by Gasteiger charge is 2.26. The first-order valence-corrected chi connectivity index (χ1v) is 7.49. The standard InChI is InChI=1S/C16H24O5/c1-12(2)15(18)20-9-3-4-10-21-16(19)14-7-5-13(11-17)6-8-14/h11,13-14H,1,3-10H2,2H3. The van der Waals surface area contributed by atoms with E-state index in [2.05, 4.69) is 6.58 Å². The number of hydrogen-bond donors (Lipinski definition) is 0. The van der Waals surface area contributed by atoms with Crippen LogP contribution in [0.15, 0.2) is 12.2 Å². The van der Waals surface area contributed by atoms with Crippen LogP contribution < -0.4 is 0 Å². The number of rotatable bonds is 8. The van der Waals surface area contributed by atoms with Gasteiger partial charge in [-0.05, 0) is 45.4 Å². The summed E-state index contributed by atoms with van der Waals surface area (Å²) in [6.45, 7) is 5.75. The molecule has 5 nitrogen and oxygen atoms in total. The zero-order chi connectivity index (χ0) is 15.7. The van der Waals surface area contributed by atoms with Gasteiger partial charge in [-0.15, -0.1) is 0 Å². The van der Waals surface area contributed by atoms with Crippen molar-refractivity contribution in [3.63, 3.8) is 0 Å². The quantitative estimate of drug-likeness (QED) is 0.298. The van der Waals surface area contributed by atoms with Gasteiger partial charge >= 0.3 is 11.9 Å². The van der Waals surface area contributed by atoms with Crippen LogP contribution in [0.1, 0.15) is 45.4 Å². The Morgan fingerprint density at radius 1 is 1.10 bits per heavy atom. The third kappa shape index (κ3) is 6.56. The van der Waals surface area contributed by atoms with E-state index in [1.807, 2.05) is 0 Å². The maximum Gasteiger partial charge on any atom is 0.333 e. The van der Waals surface area contributed by atoms with Crippen molar-refractivity contribution in [3.05, 3.63) is 12.2 Å². The summed E-state index contributed by atoms with van der Waals surface area (Å²) in [6, 6.07) is 0. The molecular weight excluding hydrogens is 272 g/mol. The average Bonchev–Trinajstić information content (AvgIpc) is 2.50. The minimum absolute atomic E-state index is 0.0672. The van der Waals surface area contributed by atoms with E-state index >= 15 is 0 Å². The molecule has 0 radical (unpaired) electrons. The summed E-state index contributed by atoms with van der Waals surface area (Å²) in [5.74, 6) is -0.517. The third-order valence-corrected chi connectivity index (χ3v) is 3.66. The Bertz CT molecular complexity index is 380. The van der Waals surface area contributed by atoms with Gasteiger partial charge in [0.15, 0.2) is 0 Å². The summed E-state index contributed by atoms with van der Waals surface area (Å²) in [6.07, 6.45) is 5.33. The Hall–Kier alpha value is -1.65. The monoisotopic (exact) mass is 296 g/mol. The van der Waals surface area contributed by atoms with Gasteiger partial charge in [-0.3, -0.25) is 4.79 Å². The second kappa shape index (κ2) is 9.32. The molecule has 21 heavy (non-hydrogen) atoms. The lowest BCUT2D eigenvalue weighted by molar-refractivity contribution is -0.150. The first-order chi connectivity index (χ1) is 10.0. The Morgan fingerprint density at radius 2 is 1.67 bits per heavy atom. The molecule has 1 saturated carbocycles. The van der Waals surface area contributed by atoms with Crippen molar-refractivity contribution in [2.45, 2.75) is 45.4 Å². The van der Waals surface area contributed by atoms with Crippen molar-refractivity contribution >= 4 is 18.2 Å². The van der Waals surface area contributed by atoms with Gasteiger partial charge in [0.2, 0.25) is 0 Å². The van der Waals surface area contributed by atoms with Gasteiger partial charge in [-0.1, -0.05) is 6.58 Å². The maximum absolute atomic E-state index is 11.8. The first-order valence-electron chi connectivity index (χ1n) is 7.49. The second-order valence-corrected chi connectivity index (χ2v) is 5.54. The Morgan fingerprint density at radius 3 is 2.19 bits per heavy atom.